The number of carbonyl (C=O) groups excluding carboxylic acids is 5. The number of nitrogens with one attached hydrogen (secondary N) is 2. The van der Waals surface area contributed by atoms with E-state index in [1.54, 1.807) is 45.0 Å². The second-order valence-electron chi connectivity index (χ2n) is 16.7. The Morgan fingerprint density at radius 3 is 2.09 bits per heavy atom. The van der Waals surface area contributed by atoms with Crippen molar-refractivity contribution in [3.63, 3.8) is 0 Å². The lowest BCUT2D eigenvalue weighted by Crippen LogP contribution is -2.60. The number of rotatable bonds is 21. The van der Waals surface area contributed by atoms with Crippen LogP contribution in [0.2, 0.25) is 0 Å². The number of likely N-dealkylation sites (tertiary alicyclic amines) is 1. The lowest BCUT2D eigenvalue weighted by Gasteiger charge is -2.43. The molecule has 328 valence electrons. The fourth-order valence-electron chi connectivity index (χ4n) is 8.79. The molecule has 15 heteroatoms. The summed E-state index contributed by atoms with van der Waals surface area (Å²) in [6.45, 7) is 12.6. The Kier molecular flexibility index (Phi) is 19.7. The van der Waals surface area contributed by atoms with Gasteiger partial charge in [0.05, 0.1) is 49.3 Å². The molecule has 0 aromatic heterocycles. The van der Waals surface area contributed by atoms with Gasteiger partial charge in [-0.05, 0) is 71.1 Å². The Morgan fingerprint density at radius 2 is 1.55 bits per heavy atom. The number of hydrogen-bond acceptors (Lipinski definition) is 11. The highest BCUT2D eigenvalue weighted by atomic mass is 16.7. The van der Waals surface area contributed by atoms with Gasteiger partial charge < -0.3 is 24.8 Å². The molecule has 2 fully saturated rings. The molecular formula is C43H72N6O9. The summed E-state index contributed by atoms with van der Waals surface area (Å²) in [5, 5.41) is 17.1. The van der Waals surface area contributed by atoms with E-state index in [9.17, 15) is 29.1 Å². The van der Waals surface area contributed by atoms with Gasteiger partial charge in [-0.1, -0.05) is 71.4 Å². The Morgan fingerprint density at radius 1 is 0.897 bits per heavy atom. The number of amides is 5. The minimum absolute atomic E-state index is 0.00816. The lowest BCUT2D eigenvalue weighted by atomic mass is 9.87. The van der Waals surface area contributed by atoms with Crippen molar-refractivity contribution in [1.29, 1.82) is 0 Å². The lowest BCUT2D eigenvalue weighted by molar-refractivity contribution is -0.199. The molecule has 0 aliphatic carbocycles. The minimum atomic E-state index is -1.00. The van der Waals surface area contributed by atoms with Gasteiger partial charge in [0.1, 0.15) is 12.1 Å². The monoisotopic (exact) mass is 817 g/mol. The first-order chi connectivity index (χ1) is 27.5. The van der Waals surface area contributed by atoms with Gasteiger partial charge in [0, 0.05) is 39.8 Å². The molecule has 10 atom stereocenters. The highest BCUT2D eigenvalue weighted by molar-refractivity contribution is 6.00. The van der Waals surface area contributed by atoms with Crippen LogP contribution in [0.25, 0.3) is 0 Å². The van der Waals surface area contributed by atoms with Gasteiger partial charge >= 0.3 is 0 Å². The molecule has 3 N–H and O–H groups in total. The summed E-state index contributed by atoms with van der Waals surface area (Å²) in [6.07, 6.45) is 1.82. The zero-order valence-corrected chi connectivity index (χ0v) is 36.8. The normalized spacial score (nSPS) is 20.8. The maximum absolute atomic E-state index is 14.4. The zero-order chi connectivity index (χ0) is 43.3. The number of imide groups is 1. The standard InChI is InChI=1S/C43H72N6O9/c1-12-28(4)37(47(9)36(27(2)3)41(53)45-42(54)38(30(6)50)46(7)8)34(56-10)26-35(51)48-22-18-21-33(48)39(57-11)29(5)40(52)44-32(25-31-19-14-13-15-20-31)43(55)49-23-16-17-24-58-49/h13-15,19-20,27-30,32-34,36-39,50H,12,16-18,21-26H2,1-11H3,(H,44,52)(H,45,53,54)/t28-,29+,30+,32-,33-,34+,36-,37-,38-,39+/m0/s1. The van der Waals surface area contributed by atoms with Crippen LogP contribution in [-0.2, 0) is 44.7 Å². The van der Waals surface area contributed by atoms with Crippen LogP contribution in [-0.4, -0.2) is 158 Å². The summed E-state index contributed by atoms with van der Waals surface area (Å²) in [5.74, 6) is -2.82. The topological polar surface area (TPSA) is 170 Å². The van der Waals surface area contributed by atoms with Gasteiger partial charge in [-0.3, -0.25) is 43.9 Å². The van der Waals surface area contributed by atoms with Crippen molar-refractivity contribution in [3.05, 3.63) is 35.9 Å². The van der Waals surface area contributed by atoms with Crippen molar-refractivity contribution in [2.45, 2.75) is 135 Å². The third-order valence-electron chi connectivity index (χ3n) is 11.9. The predicted octanol–water partition coefficient (Wildman–Crippen LogP) is 2.64. The summed E-state index contributed by atoms with van der Waals surface area (Å²) >= 11 is 0. The fraction of sp³-hybridized carbons (Fsp3) is 0.744. The number of hydrogen-bond donors (Lipinski definition) is 3. The number of aliphatic hydroxyl groups excluding tert-OH is 1. The van der Waals surface area contributed by atoms with Crippen LogP contribution in [0.4, 0.5) is 0 Å². The maximum Gasteiger partial charge on any atom is 0.269 e. The SMILES string of the molecule is CC[C@H](C)[C@@H]([C@@H](CC(=O)N1CCC[C@H]1[C@H](OC)[C@@H](C)C(=O)N[C@@H](Cc1ccccc1)C(=O)N1CCCCO1)OC)N(C)[C@H](C(=O)NC(=O)[C@H]([C@@H](C)O)N(C)C)C(C)C. The number of benzene rings is 1. The molecule has 2 aliphatic rings. The first kappa shape index (κ1) is 48.9. The third kappa shape index (κ3) is 12.8. The Hall–Kier alpha value is -3.47. The van der Waals surface area contributed by atoms with Crippen molar-refractivity contribution >= 4 is 29.5 Å². The number of nitrogens with zero attached hydrogens (tertiary/aromatic N) is 4. The number of likely N-dealkylation sites (N-methyl/N-ethyl adjacent to an activating group) is 2. The van der Waals surface area contributed by atoms with E-state index in [0.29, 0.717) is 32.5 Å². The summed E-state index contributed by atoms with van der Waals surface area (Å²) in [6, 6.07) is 6.23. The third-order valence-corrected chi connectivity index (χ3v) is 11.9. The number of ether oxygens (including phenoxy) is 2. The molecule has 2 saturated heterocycles. The molecule has 1 aromatic rings. The van der Waals surface area contributed by atoms with Crippen molar-refractivity contribution in [2.24, 2.45) is 17.8 Å². The summed E-state index contributed by atoms with van der Waals surface area (Å²) in [5.41, 5.74) is 0.902. The van der Waals surface area contributed by atoms with Crippen LogP contribution in [0.3, 0.4) is 0 Å². The Bertz CT molecular complexity index is 1470. The number of methoxy groups -OCH3 is 2. The smallest absolute Gasteiger partial charge is 0.269 e. The summed E-state index contributed by atoms with van der Waals surface area (Å²) in [7, 11) is 8.26. The largest absolute Gasteiger partial charge is 0.391 e. The fourth-order valence-corrected chi connectivity index (χ4v) is 8.79. The summed E-state index contributed by atoms with van der Waals surface area (Å²) in [4.78, 5) is 80.0. The van der Waals surface area contributed by atoms with Crippen molar-refractivity contribution in [2.75, 3.05) is 55.1 Å². The van der Waals surface area contributed by atoms with E-state index in [-0.39, 0.29) is 42.0 Å². The van der Waals surface area contributed by atoms with Crippen molar-refractivity contribution < 1.29 is 43.4 Å². The molecule has 58 heavy (non-hydrogen) atoms. The van der Waals surface area contributed by atoms with E-state index in [0.717, 1.165) is 31.2 Å². The van der Waals surface area contributed by atoms with E-state index < -0.39 is 60.2 Å². The molecule has 0 unspecified atom stereocenters. The van der Waals surface area contributed by atoms with E-state index in [1.807, 2.05) is 63.1 Å². The number of carbonyl (C=O) groups is 5. The van der Waals surface area contributed by atoms with Gasteiger partial charge in [-0.15, -0.1) is 0 Å². The summed E-state index contributed by atoms with van der Waals surface area (Å²) < 4.78 is 12.1. The van der Waals surface area contributed by atoms with E-state index in [1.165, 1.54) is 12.0 Å². The molecule has 5 amide bonds. The predicted molar refractivity (Wildman–Crippen MR) is 221 cm³/mol. The number of hydroxylamine groups is 2. The van der Waals surface area contributed by atoms with Gasteiger partial charge in [0.15, 0.2) is 0 Å². The second kappa shape index (κ2) is 23.4. The van der Waals surface area contributed by atoms with E-state index in [4.69, 9.17) is 14.3 Å². The van der Waals surface area contributed by atoms with Crippen LogP contribution in [0, 0.1) is 17.8 Å². The van der Waals surface area contributed by atoms with Crippen LogP contribution in [0.5, 0.6) is 0 Å². The van der Waals surface area contributed by atoms with Gasteiger partial charge in [0.2, 0.25) is 23.6 Å². The van der Waals surface area contributed by atoms with Gasteiger partial charge in [0.25, 0.3) is 5.91 Å². The average Bonchev–Trinajstić information content (AvgIpc) is 3.67. The van der Waals surface area contributed by atoms with Crippen LogP contribution < -0.4 is 10.6 Å². The molecule has 2 aliphatic heterocycles. The van der Waals surface area contributed by atoms with Crippen LogP contribution in [0.1, 0.15) is 85.6 Å². The van der Waals surface area contributed by atoms with Crippen LogP contribution in [0.15, 0.2) is 30.3 Å². The Balaban J connectivity index is 1.81. The molecular weight excluding hydrogens is 745 g/mol. The first-order valence-electron chi connectivity index (χ1n) is 21.0. The van der Waals surface area contributed by atoms with Crippen LogP contribution >= 0.6 is 0 Å². The zero-order valence-electron chi connectivity index (χ0n) is 36.8. The molecule has 2 heterocycles. The molecule has 1 aromatic carbocycles. The number of aliphatic hydroxyl groups is 1. The molecule has 0 spiro atoms. The maximum atomic E-state index is 14.4. The average molecular weight is 817 g/mol. The quantitative estimate of drug-likeness (QED) is 0.167. The second-order valence-corrected chi connectivity index (χ2v) is 16.7. The highest BCUT2D eigenvalue weighted by Crippen LogP contribution is 2.30. The van der Waals surface area contributed by atoms with Gasteiger partial charge in [-0.2, -0.15) is 0 Å². The Labute approximate surface area is 346 Å². The van der Waals surface area contributed by atoms with E-state index in [2.05, 4.69) is 17.6 Å². The van der Waals surface area contributed by atoms with E-state index >= 15 is 0 Å². The molecule has 0 bridgehead atoms. The van der Waals surface area contributed by atoms with Crippen molar-refractivity contribution in [1.82, 2.24) is 30.4 Å². The molecule has 3 rings (SSSR count). The van der Waals surface area contributed by atoms with Crippen molar-refractivity contribution in [3.8, 4) is 0 Å². The molecule has 0 saturated carbocycles. The van der Waals surface area contributed by atoms with Gasteiger partial charge in [-0.25, -0.2) is 5.06 Å². The highest BCUT2D eigenvalue weighted by Gasteiger charge is 2.44. The molecule has 0 radical (unpaired) electrons. The minimum Gasteiger partial charge on any atom is -0.391 e. The first-order valence-corrected chi connectivity index (χ1v) is 21.0. The molecule has 15 nitrogen and oxygen atoms in total.